The predicted molar refractivity (Wildman–Crippen MR) is 57.4 cm³/mol. The largest absolute Gasteiger partial charge is 0.291 e. The number of hydrogen-bond acceptors (Lipinski definition) is 5. The summed E-state index contributed by atoms with van der Waals surface area (Å²) in [6.07, 6.45) is 1.26. The molecule has 1 heterocycles. The van der Waals surface area contributed by atoms with Crippen LogP contribution in [0.4, 0.5) is 11.6 Å². The summed E-state index contributed by atoms with van der Waals surface area (Å²) in [5.74, 6) is -0.204. The first-order valence-corrected chi connectivity index (χ1v) is 4.58. The SMILES string of the molecule is O=C(Nc1ncn[nH]1)c1ccc([N+](=O)[O-])cc1. The van der Waals surface area contributed by atoms with E-state index in [2.05, 4.69) is 20.5 Å². The molecule has 0 saturated heterocycles. The zero-order valence-electron chi connectivity index (χ0n) is 8.45. The molecule has 1 amide bonds. The Bertz CT molecular complexity index is 534. The van der Waals surface area contributed by atoms with Gasteiger partial charge in [0.25, 0.3) is 11.6 Å². The second-order valence-corrected chi connectivity index (χ2v) is 3.09. The van der Waals surface area contributed by atoms with Gasteiger partial charge in [-0.05, 0) is 12.1 Å². The van der Waals surface area contributed by atoms with Crippen LogP contribution in [0.1, 0.15) is 10.4 Å². The second kappa shape index (κ2) is 4.39. The molecular formula is C9H7N5O3. The highest BCUT2D eigenvalue weighted by Crippen LogP contribution is 2.12. The minimum atomic E-state index is -0.530. The van der Waals surface area contributed by atoms with E-state index in [1.54, 1.807) is 0 Å². The Morgan fingerprint density at radius 3 is 2.59 bits per heavy atom. The Morgan fingerprint density at radius 1 is 1.35 bits per heavy atom. The first kappa shape index (κ1) is 10.7. The highest BCUT2D eigenvalue weighted by atomic mass is 16.6. The Labute approximate surface area is 94.8 Å². The van der Waals surface area contributed by atoms with Crippen molar-refractivity contribution >= 4 is 17.5 Å². The van der Waals surface area contributed by atoms with Crippen LogP contribution < -0.4 is 5.32 Å². The molecule has 0 aliphatic carbocycles. The van der Waals surface area contributed by atoms with Crippen LogP contribution in [0.15, 0.2) is 30.6 Å². The number of nitro benzene ring substituents is 1. The molecule has 8 heteroatoms. The number of nitro groups is 1. The number of rotatable bonds is 3. The van der Waals surface area contributed by atoms with Gasteiger partial charge in [-0.1, -0.05) is 0 Å². The zero-order valence-corrected chi connectivity index (χ0v) is 8.45. The lowest BCUT2D eigenvalue weighted by Gasteiger charge is -2.00. The summed E-state index contributed by atoms with van der Waals surface area (Å²) in [5, 5.41) is 18.9. The van der Waals surface area contributed by atoms with Crippen molar-refractivity contribution in [2.75, 3.05) is 5.32 Å². The molecule has 8 nitrogen and oxygen atoms in total. The number of aromatic amines is 1. The number of nitrogens with zero attached hydrogens (tertiary/aromatic N) is 3. The highest BCUT2D eigenvalue weighted by molar-refractivity contribution is 6.03. The maximum Gasteiger partial charge on any atom is 0.269 e. The summed E-state index contributed by atoms with van der Waals surface area (Å²) in [6.45, 7) is 0. The molecule has 86 valence electrons. The number of amides is 1. The minimum Gasteiger partial charge on any atom is -0.291 e. The quantitative estimate of drug-likeness (QED) is 0.605. The van der Waals surface area contributed by atoms with E-state index in [0.29, 0.717) is 5.56 Å². The molecule has 1 aromatic carbocycles. The van der Waals surface area contributed by atoms with E-state index in [1.807, 2.05) is 0 Å². The molecule has 1 aromatic heterocycles. The molecule has 0 unspecified atom stereocenters. The molecule has 0 saturated carbocycles. The van der Waals surface area contributed by atoms with Gasteiger partial charge >= 0.3 is 0 Å². The molecule has 0 atom stereocenters. The third-order valence-electron chi connectivity index (χ3n) is 1.99. The Morgan fingerprint density at radius 2 is 2.06 bits per heavy atom. The van der Waals surface area contributed by atoms with Gasteiger partial charge in [-0.25, -0.2) is 5.10 Å². The minimum absolute atomic E-state index is 0.0683. The molecule has 0 spiro atoms. The first-order valence-electron chi connectivity index (χ1n) is 4.58. The summed E-state index contributed by atoms with van der Waals surface area (Å²) in [6, 6.07) is 5.25. The monoisotopic (exact) mass is 233 g/mol. The fourth-order valence-corrected chi connectivity index (χ4v) is 1.18. The van der Waals surface area contributed by atoms with Crippen molar-refractivity contribution in [1.29, 1.82) is 0 Å². The summed E-state index contributed by atoms with van der Waals surface area (Å²) >= 11 is 0. The normalized spacial score (nSPS) is 9.88. The number of aromatic nitrogens is 3. The van der Waals surface area contributed by atoms with Gasteiger partial charge < -0.3 is 0 Å². The van der Waals surface area contributed by atoms with Gasteiger partial charge in [-0.15, -0.1) is 0 Å². The molecule has 2 aromatic rings. The van der Waals surface area contributed by atoms with E-state index < -0.39 is 10.8 Å². The van der Waals surface area contributed by atoms with Gasteiger partial charge in [-0.2, -0.15) is 10.1 Å². The van der Waals surface area contributed by atoms with E-state index in [9.17, 15) is 14.9 Å². The number of benzene rings is 1. The maximum absolute atomic E-state index is 11.6. The lowest BCUT2D eigenvalue weighted by Crippen LogP contribution is -2.12. The average molecular weight is 233 g/mol. The van der Waals surface area contributed by atoms with E-state index in [-0.39, 0.29) is 11.6 Å². The maximum atomic E-state index is 11.6. The fraction of sp³-hybridized carbons (Fsp3) is 0. The van der Waals surface area contributed by atoms with Crippen molar-refractivity contribution in [2.45, 2.75) is 0 Å². The topological polar surface area (TPSA) is 114 Å². The number of H-pyrrole nitrogens is 1. The Kier molecular flexibility index (Phi) is 2.77. The molecule has 0 radical (unpaired) electrons. The number of anilines is 1. The van der Waals surface area contributed by atoms with E-state index >= 15 is 0 Å². The van der Waals surface area contributed by atoms with Crippen molar-refractivity contribution in [1.82, 2.24) is 15.2 Å². The fourth-order valence-electron chi connectivity index (χ4n) is 1.18. The standard InChI is InChI=1S/C9H7N5O3/c15-8(12-9-10-5-11-13-9)6-1-3-7(4-2-6)14(16)17/h1-5H,(H2,10,11,12,13,15). The Balaban J connectivity index is 2.12. The van der Waals surface area contributed by atoms with Crippen LogP contribution in [0, 0.1) is 10.1 Å². The van der Waals surface area contributed by atoms with E-state index in [1.165, 1.54) is 30.6 Å². The van der Waals surface area contributed by atoms with E-state index in [4.69, 9.17) is 0 Å². The number of non-ortho nitro benzene ring substituents is 1. The second-order valence-electron chi connectivity index (χ2n) is 3.09. The summed E-state index contributed by atoms with van der Waals surface area (Å²) in [5.41, 5.74) is 0.230. The molecule has 2 N–H and O–H groups in total. The summed E-state index contributed by atoms with van der Waals surface area (Å²) in [7, 11) is 0. The number of hydrogen-bond donors (Lipinski definition) is 2. The first-order chi connectivity index (χ1) is 8.16. The highest BCUT2D eigenvalue weighted by Gasteiger charge is 2.10. The molecular weight excluding hydrogens is 226 g/mol. The molecule has 0 aliphatic heterocycles. The number of nitrogens with one attached hydrogen (secondary N) is 2. The van der Waals surface area contributed by atoms with Gasteiger partial charge in [0.15, 0.2) is 0 Å². The molecule has 0 aliphatic rings. The summed E-state index contributed by atoms with van der Waals surface area (Å²) < 4.78 is 0. The van der Waals surface area contributed by atoms with Crippen LogP contribution in [0.2, 0.25) is 0 Å². The van der Waals surface area contributed by atoms with Crippen LogP contribution in [0.3, 0.4) is 0 Å². The lowest BCUT2D eigenvalue weighted by atomic mass is 10.2. The third-order valence-corrected chi connectivity index (χ3v) is 1.99. The van der Waals surface area contributed by atoms with Crippen LogP contribution in [0.25, 0.3) is 0 Å². The smallest absolute Gasteiger partial charge is 0.269 e. The van der Waals surface area contributed by atoms with Crippen molar-refractivity contribution in [3.8, 4) is 0 Å². The number of carbonyl (C=O) groups excluding carboxylic acids is 1. The van der Waals surface area contributed by atoms with Crippen molar-refractivity contribution < 1.29 is 9.72 Å². The van der Waals surface area contributed by atoms with Gasteiger partial charge in [0.1, 0.15) is 6.33 Å². The molecule has 0 bridgehead atoms. The van der Waals surface area contributed by atoms with Crippen LogP contribution >= 0.6 is 0 Å². The van der Waals surface area contributed by atoms with Crippen molar-refractivity contribution in [3.63, 3.8) is 0 Å². The average Bonchev–Trinajstić information content (AvgIpc) is 2.82. The van der Waals surface area contributed by atoms with Gasteiger partial charge in [0.05, 0.1) is 4.92 Å². The predicted octanol–water partition coefficient (Wildman–Crippen LogP) is 0.965. The Hall–Kier alpha value is -2.77. The van der Waals surface area contributed by atoms with Crippen molar-refractivity contribution in [2.24, 2.45) is 0 Å². The van der Waals surface area contributed by atoms with E-state index in [0.717, 1.165) is 0 Å². The zero-order chi connectivity index (χ0) is 12.3. The van der Waals surface area contributed by atoms with Gasteiger partial charge in [0.2, 0.25) is 5.95 Å². The summed E-state index contributed by atoms with van der Waals surface area (Å²) in [4.78, 5) is 25.2. The van der Waals surface area contributed by atoms with Crippen LogP contribution in [-0.2, 0) is 0 Å². The van der Waals surface area contributed by atoms with Crippen molar-refractivity contribution in [3.05, 3.63) is 46.3 Å². The molecule has 2 rings (SSSR count). The number of carbonyl (C=O) groups is 1. The van der Waals surface area contributed by atoms with Crippen LogP contribution in [0.5, 0.6) is 0 Å². The molecule has 0 fully saturated rings. The third kappa shape index (κ3) is 2.43. The van der Waals surface area contributed by atoms with Gasteiger partial charge in [-0.3, -0.25) is 20.2 Å². The van der Waals surface area contributed by atoms with Gasteiger partial charge in [0, 0.05) is 17.7 Å². The molecule has 17 heavy (non-hydrogen) atoms. The van der Waals surface area contributed by atoms with Crippen LogP contribution in [-0.4, -0.2) is 26.0 Å². The lowest BCUT2D eigenvalue weighted by molar-refractivity contribution is -0.384.